The van der Waals surface area contributed by atoms with Crippen molar-refractivity contribution < 1.29 is 14.4 Å². The SMILES string of the molecule is CCCc1nc2c(OC)cccc2c(Nc2ccccc2C)c1C(=O)ON(C)C. The van der Waals surface area contributed by atoms with Gasteiger partial charge < -0.3 is 14.9 Å². The first-order valence-corrected chi connectivity index (χ1v) is 9.68. The third-order valence-corrected chi connectivity index (χ3v) is 4.63. The number of hydrogen-bond donors (Lipinski definition) is 1. The van der Waals surface area contributed by atoms with Gasteiger partial charge in [0.2, 0.25) is 0 Å². The van der Waals surface area contributed by atoms with Gasteiger partial charge in [0.25, 0.3) is 0 Å². The summed E-state index contributed by atoms with van der Waals surface area (Å²) in [6.07, 6.45) is 1.49. The van der Waals surface area contributed by atoms with E-state index in [1.807, 2.05) is 49.4 Å². The molecule has 0 saturated heterocycles. The zero-order chi connectivity index (χ0) is 21.0. The van der Waals surface area contributed by atoms with Crippen molar-refractivity contribution in [2.75, 3.05) is 26.5 Å². The molecule has 0 aliphatic carbocycles. The Morgan fingerprint density at radius 2 is 1.90 bits per heavy atom. The second kappa shape index (κ2) is 8.92. The third-order valence-electron chi connectivity index (χ3n) is 4.63. The van der Waals surface area contributed by atoms with Gasteiger partial charge in [0.15, 0.2) is 0 Å². The van der Waals surface area contributed by atoms with Crippen LogP contribution in [0.3, 0.4) is 0 Å². The maximum atomic E-state index is 13.1. The van der Waals surface area contributed by atoms with E-state index in [0.717, 1.165) is 28.6 Å². The number of aryl methyl sites for hydroxylation is 2. The zero-order valence-corrected chi connectivity index (χ0v) is 17.6. The number of rotatable bonds is 7. The Hall–Kier alpha value is -3.12. The van der Waals surface area contributed by atoms with Gasteiger partial charge in [0.05, 0.1) is 18.5 Å². The van der Waals surface area contributed by atoms with Crippen LogP contribution in [0.2, 0.25) is 0 Å². The monoisotopic (exact) mass is 393 g/mol. The van der Waals surface area contributed by atoms with Crippen LogP contribution in [0.1, 0.15) is 35.0 Å². The molecule has 0 spiro atoms. The summed E-state index contributed by atoms with van der Waals surface area (Å²) in [4.78, 5) is 23.3. The molecule has 3 aromatic rings. The van der Waals surface area contributed by atoms with Gasteiger partial charge in [-0.2, -0.15) is 0 Å². The Bertz CT molecular complexity index is 1030. The number of aromatic nitrogens is 1. The highest BCUT2D eigenvalue weighted by Gasteiger charge is 2.24. The van der Waals surface area contributed by atoms with Crippen LogP contribution in [-0.2, 0) is 11.3 Å². The van der Waals surface area contributed by atoms with E-state index >= 15 is 0 Å². The van der Waals surface area contributed by atoms with Gasteiger partial charge in [0.1, 0.15) is 16.8 Å². The van der Waals surface area contributed by atoms with E-state index in [1.165, 1.54) is 5.06 Å². The molecule has 29 heavy (non-hydrogen) atoms. The summed E-state index contributed by atoms with van der Waals surface area (Å²) in [6.45, 7) is 4.08. The van der Waals surface area contributed by atoms with Crippen molar-refractivity contribution in [3.05, 3.63) is 59.3 Å². The molecule has 1 heterocycles. The molecule has 1 aromatic heterocycles. The highest BCUT2D eigenvalue weighted by molar-refractivity contribution is 6.08. The molecular weight excluding hydrogens is 366 g/mol. The average molecular weight is 393 g/mol. The first-order chi connectivity index (χ1) is 14.0. The first-order valence-electron chi connectivity index (χ1n) is 9.68. The summed E-state index contributed by atoms with van der Waals surface area (Å²) >= 11 is 0. The van der Waals surface area contributed by atoms with Gasteiger partial charge in [-0.05, 0) is 31.0 Å². The highest BCUT2D eigenvalue weighted by atomic mass is 16.7. The zero-order valence-electron chi connectivity index (χ0n) is 17.6. The first kappa shape index (κ1) is 20.6. The van der Waals surface area contributed by atoms with Crippen LogP contribution >= 0.6 is 0 Å². The number of benzene rings is 2. The van der Waals surface area contributed by atoms with E-state index in [-0.39, 0.29) is 0 Å². The van der Waals surface area contributed by atoms with Crippen molar-refractivity contribution >= 4 is 28.2 Å². The van der Waals surface area contributed by atoms with E-state index in [1.54, 1.807) is 21.2 Å². The summed E-state index contributed by atoms with van der Waals surface area (Å²) in [5, 5.41) is 5.67. The highest BCUT2D eigenvalue weighted by Crippen LogP contribution is 2.36. The van der Waals surface area contributed by atoms with E-state index < -0.39 is 5.97 Å². The van der Waals surface area contributed by atoms with Gasteiger partial charge in [0, 0.05) is 25.2 Å². The molecule has 2 aromatic carbocycles. The number of carbonyl (C=O) groups is 1. The fourth-order valence-electron chi connectivity index (χ4n) is 3.30. The third kappa shape index (κ3) is 4.32. The Kier molecular flexibility index (Phi) is 6.34. The Morgan fingerprint density at radius 1 is 1.14 bits per heavy atom. The Labute approximate surface area is 171 Å². The maximum absolute atomic E-state index is 13.1. The summed E-state index contributed by atoms with van der Waals surface area (Å²) in [7, 11) is 4.99. The molecule has 0 aliphatic heterocycles. The van der Waals surface area contributed by atoms with Crippen LogP contribution in [0.25, 0.3) is 10.9 Å². The topological polar surface area (TPSA) is 63.7 Å². The fourth-order valence-corrected chi connectivity index (χ4v) is 3.30. The molecule has 6 nitrogen and oxygen atoms in total. The number of para-hydroxylation sites is 2. The summed E-state index contributed by atoms with van der Waals surface area (Å²) in [5.41, 5.74) is 4.53. The summed E-state index contributed by atoms with van der Waals surface area (Å²) in [5.74, 6) is 0.229. The quantitative estimate of drug-likeness (QED) is 0.577. The number of methoxy groups -OCH3 is 1. The van der Waals surface area contributed by atoms with Crippen LogP contribution in [0.4, 0.5) is 11.4 Å². The predicted molar refractivity (Wildman–Crippen MR) is 116 cm³/mol. The van der Waals surface area contributed by atoms with Crippen molar-refractivity contribution in [1.29, 1.82) is 0 Å². The second-order valence-electron chi connectivity index (χ2n) is 7.05. The van der Waals surface area contributed by atoms with Crippen LogP contribution in [-0.4, -0.2) is 37.2 Å². The number of nitrogens with zero attached hydrogens (tertiary/aromatic N) is 2. The van der Waals surface area contributed by atoms with Gasteiger partial charge in [-0.25, -0.2) is 9.78 Å². The van der Waals surface area contributed by atoms with Crippen LogP contribution in [0.15, 0.2) is 42.5 Å². The predicted octanol–water partition coefficient (Wildman–Crippen LogP) is 4.88. The van der Waals surface area contributed by atoms with Gasteiger partial charge in [-0.3, -0.25) is 0 Å². The minimum Gasteiger partial charge on any atom is -0.494 e. The van der Waals surface area contributed by atoms with Crippen LogP contribution in [0, 0.1) is 6.92 Å². The fraction of sp³-hybridized carbons (Fsp3) is 0.304. The molecule has 0 bridgehead atoms. The molecule has 152 valence electrons. The number of carbonyl (C=O) groups excluding carboxylic acids is 1. The largest absolute Gasteiger partial charge is 0.494 e. The standard InChI is InChI=1S/C23H27N3O3/c1-6-10-18-20(23(27)29-26(3)4)22(24-17-13-8-7-11-15(17)2)16-12-9-14-19(28-5)21(16)25-18/h7-9,11-14H,6,10H2,1-5H3,(H,24,25). The maximum Gasteiger partial charge on any atom is 0.361 e. The molecule has 0 unspecified atom stereocenters. The lowest BCUT2D eigenvalue weighted by molar-refractivity contribution is -0.0713. The van der Waals surface area contributed by atoms with Gasteiger partial charge in [-0.1, -0.05) is 43.7 Å². The number of fused-ring (bicyclic) bond motifs is 1. The molecule has 0 atom stereocenters. The molecular formula is C23H27N3O3. The average Bonchev–Trinajstić information content (AvgIpc) is 2.68. The van der Waals surface area contributed by atoms with Crippen molar-refractivity contribution in [3.8, 4) is 5.75 Å². The van der Waals surface area contributed by atoms with Gasteiger partial charge >= 0.3 is 5.97 Å². The number of hydrogen-bond acceptors (Lipinski definition) is 6. The lowest BCUT2D eigenvalue weighted by Crippen LogP contribution is -2.21. The van der Waals surface area contributed by atoms with E-state index in [4.69, 9.17) is 14.6 Å². The van der Waals surface area contributed by atoms with Crippen molar-refractivity contribution in [1.82, 2.24) is 10.0 Å². The molecule has 6 heteroatoms. The number of pyridine rings is 1. The van der Waals surface area contributed by atoms with E-state index in [0.29, 0.717) is 29.1 Å². The minimum atomic E-state index is -0.438. The Balaban J connectivity index is 2.32. The second-order valence-corrected chi connectivity index (χ2v) is 7.05. The normalized spacial score (nSPS) is 11.0. The summed E-state index contributed by atoms with van der Waals surface area (Å²) in [6, 6.07) is 13.7. The van der Waals surface area contributed by atoms with E-state index in [9.17, 15) is 4.79 Å². The Morgan fingerprint density at radius 3 is 2.55 bits per heavy atom. The molecule has 0 aliphatic rings. The molecule has 3 rings (SSSR count). The van der Waals surface area contributed by atoms with Crippen LogP contribution in [0.5, 0.6) is 5.75 Å². The molecule has 0 amide bonds. The summed E-state index contributed by atoms with van der Waals surface area (Å²) < 4.78 is 5.54. The van der Waals surface area contributed by atoms with Crippen molar-refractivity contribution in [2.24, 2.45) is 0 Å². The molecule has 1 N–H and O–H groups in total. The number of ether oxygens (including phenoxy) is 1. The number of hydroxylamine groups is 2. The lowest BCUT2D eigenvalue weighted by Gasteiger charge is -2.20. The molecule has 0 saturated carbocycles. The lowest BCUT2D eigenvalue weighted by atomic mass is 10.0. The van der Waals surface area contributed by atoms with Crippen LogP contribution < -0.4 is 10.1 Å². The molecule has 0 fully saturated rings. The molecule has 0 radical (unpaired) electrons. The number of nitrogens with one attached hydrogen (secondary N) is 1. The van der Waals surface area contributed by atoms with Gasteiger partial charge in [-0.15, -0.1) is 5.06 Å². The smallest absolute Gasteiger partial charge is 0.361 e. The minimum absolute atomic E-state index is 0.438. The number of anilines is 2. The van der Waals surface area contributed by atoms with E-state index in [2.05, 4.69) is 12.2 Å². The van der Waals surface area contributed by atoms with Crippen molar-refractivity contribution in [2.45, 2.75) is 26.7 Å². The van der Waals surface area contributed by atoms with Crippen molar-refractivity contribution in [3.63, 3.8) is 0 Å².